The van der Waals surface area contributed by atoms with Crippen LogP contribution >= 0.6 is 0 Å². The summed E-state index contributed by atoms with van der Waals surface area (Å²) in [5.74, 6) is -0.701. The highest BCUT2D eigenvalue weighted by Gasteiger charge is 2.45. The van der Waals surface area contributed by atoms with Gasteiger partial charge in [0.2, 0.25) is 0 Å². The summed E-state index contributed by atoms with van der Waals surface area (Å²) in [6.45, 7) is 0.531. The summed E-state index contributed by atoms with van der Waals surface area (Å²) < 4.78 is 5.06. The Bertz CT molecular complexity index is 394. The van der Waals surface area contributed by atoms with Crippen molar-refractivity contribution in [2.45, 2.75) is 31.3 Å². The summed E-state index contributed by atoms with van der Waals surface area (Å²) in [6.07, 6.45) is 2.50. The van der Waals surface area contributed by atoms with E-state index in [4.69, 9.17) is 4.74 Å². The Kier molecular flexibility index (Phi) is 2.97. The maximum atomic E-state index is 11.3. The van der Waals surface area contributed by atoms with Crippen LogP contribution < -0.4 is 0 Å². The average molecular weight is 220 g/mol. The van der Waals surface area contributed by atoms with E-state index in [1.54, 1.807) is 7.11 Å². The van der Waals surface area contributed by atoms with Gasteiger partial charge in [0.15, 0.2) is 0 Å². The first kappa shape index (κ1) is 11.1. The molecule has 0 heterocycles. The molecule has 0 aliphatic heterocycles. The molecule has 1 saturated carbocycles. The first-order chi connectivity index (χ1) is 7.69. The molecule has 0 atom stereocenters. The van der Waals surface area contributed by atoms with Crippen molar-refractivity contribution in [1.29, 1.82) is 0 Å². The summed E-state index contributed by atoms with van der Waals surface area (Å²) in [5.41, 5.74) is 1.32. The molecule has 0 radical (unpaired) electrons. The average Bonchev–Trinajstić information content (AvgIpc) is 2.16. The number of rotatable bonds is 4. The van der Waals surface area contributed by atoms with E-state index in [9.17, 15) is 9.90 Å². The van der Waals surface area contributed by atoms with Crippen molar-refractivity contribution < 1.29 is 14.6 Å². The molecule has 1 N–H and O–H groups in total. The third kappa shape index (κ3) is 1.71. The van der Waals surface area contributed by atoms with Gasteiger partial charge < -0.3 is 9.84 Å². The second kappa shape index (κ2) is 4.26. The van der Waals surface area contributed by atoms with Crippen LogP contribution in [0.1, 0.15) is 30.4 Å². The zero-order valence-electron chi connectivity index (χ0n) is 9.40. The highest BCUT2D eigenvalue weighted by Crippen LogP contribution is 2.44. The minimum absolute atomic E-state index is 0.531. The molecule has 16 heavy (non-hydrogen) atoms. The van der Waals surface area contributed by atoms with E-state index in [-0.39, 0.29) is 0 Å². The van der Waals surface area contributed by atoms with E-state index in [0.29, 0.717) is 6.61 Å². The topological polar surface area (TPSA) is 46.5 Å². The third-order valence-corrected chi connectivity index (χ3v) is 3.41. The van der Waals surface area contributed by atoms with Gasteiger partial charge in [0.1, 0.15) is 0 Å². The largest absolute Gasteiger partial charge is 0.481 e. The first-order valence-electron chi connectivity index (χ1n) is 5.51. The third-order valence-electron chi connectivity index (χ3n) is 3.41. The van der Waals surface area contributed by atoms with Crippen molar-refractivity contribution >= 4 is 5.97 Å². The van der Waals surface area contributed by atoms with Gasteiger partial charge in [-0.05, 0) is 24.0 Å². The van der Waals surface area contributed by atoms with Crippen LogP contribution in [0.25, 0.3) is 0 Å². The van der Waals surface area contributed by atoms with Crippen LogP contribution in [0.15, 0.2) is 24.3 Å². The Morgan fingerprint density at radius 1 is 1.50 bits per heavy atom. The smallest absolute Gasteiger partial charge is 0.314 e. The first-order valence-corrected chi connectivity index (χ1v) is 5.51. The van der Waals surface area contributed by atoms with E-state index in [1.807, 2.05) is 24.3 Å². The lowest BCUT2D eigenvalue weighted by Crippen LogP contribution is -2.42. The van der Waals surface area contributed by atoms with Crippen molar-refractivity contribution in [3.05, 3.63) is 35.4 Å². The fraction of sp³-hybridized carbons (Fsp3) is 0.462. The predicted octanol–water partition coefficient (Wildman–Crippen LogP) is 2.34. The molecular formula is C13H16O3. The highest BCUT2D eigenvalue weighted by molar-refractivity contribution is 5.82. The maximum Gasteiger partial charge on any atom is 0.314 e. The summed E-state index contributed by atoms with van der Waals surface area (Å²) in [6, 6.07) is 7.73. The zero-order valence-corrected chi connectivity index (χ0v) is 9.40. The number of hydrogen-bond acceptors (Lipinski definition) is 2. The summed E-state index contributed by atoms with van der Waals surface area (Å²) in [7, 11) is 1.64. The molecule has 86 valence electrons. The van der Waals surface area contributed by atoms with Crippen molar-refractivity contribution in [2.75, 3.05) is 7.11 Å². The van der Waals surface area contributed by atoms with Gasteiger partial charge in [0, 0.05) is 7.11 Å². The van der Waals surface area contributed by atoms with Gasteiger partial charge in [0.25, 0.3) is 0 Å². The number of carbonyl (C=O) groups is 1. The maximum absolute atomic E-state index is 11.3. The van der Waals surface area contributed by atoms with Crippen LogP contribution in [-0.4, -0.2) is 18.2 Å². The molecule has 1 aromatic carbocycles. The SMILES string of the molecule is COCc1cccc(C2(C(=O)O)CCC2)c1. The monoisotopic (exact) mass is 220 g/mol. The molecule has 0 unspecified atom stereocenters. The number of hydrogen-bond donors (Lipinski definition) is 1. The molecule has 0 saturated heterocycles. The molecule has 1 aliphatic carbocycles. The Morgan fingerprint density at radius 3 is 2.75 bits per heavy atom. The van der Waals surface area contributed by atoms with Gasteiger partial charge >= 0.3 is 5.97 Å². The lowest BCUT2D eigenvalue weighted by Gasteiger charge is -2.38. The molecule has 1 aromatic rings. The number of carboxylic acids is 1. The van der Waals surface area contributed by atoms with E-state index < -0.39 is 11.4 Å². The second-order valence-corrected chi connectivity index (χ2v) is 4.37. The van der Waals surface area contributed by atoms with E-state index >= 15 is 0 Å². The van der Waals surface area contributed by atoms with Gasteiger partial charge in [-0.3, -0.25) is 4.79 Å². The molecule has 0 amide bonds. The van der Waals surface area contributed by atoms with Gasteiger partial charge in [0.05, 0.1) is 12.0 Å². The molecular weight excluding hydrogens is 204 g/mol. The van der Waals surface area contributed by atoms with Gasteiger partial charge in [-0.2, -0.15) is 0 Å². The molecule has 3 heteroatoms. The Hall–Kier alpha value is -1.35. The van der Waals surface area contributed by atoms with Crippen molar-refractivity contribution in [3.63, 3.8) is 0 Å². The van der Waals surface area contributed by atoms with E-state index in [1.165, 1.54) is 0 Å². The lowest BCUT2D eigenvalue weighted by molar-refractivity contribution is -0.147. The normalized spacial score (nSPS) is 17.8. The summed E-state index contributed by atoms with van der Waals surface area (Å²) in [5, 5.41) is 9.33. The Morgan fingerprint density at radius 2 is 2.25 bits per heavy atom. The second-order valence-electron chi connectivity index (χ2n) is 4.37. The van der Waals surface area contributed by atoms with E-state index in [2.05, 4.69) is 0 Å². The molecule has 1 fully saturated rings. The van der Waals surface area contributed by atoms with Crippen LogP contribution in [0.4, 0.5) is 0 Å². The van der Waals surface area contributed by atoms with Crippen molar-refractivity contribution in [3.8, 4) is 0 Å². The van der Waals surface area contributed by atoms with Crippen LogP contribution in [-0.2, 0) is 21.6 Å². The van der Waals surface area contributed by atoms with Crippen molar-refractivity contribution in [2.24, 2.45) is 0 Å². The lowest BCUT2D eigenvalue weighted by atomic mass is 9.64. The minimum atomic E-state index is -0.701. The Balaban J connectivity index is 2.32. The van der Waals surface area contributed by atoms with Crippen LogP contribution in [0.2, 0.25) is 0 Å². The molecule has 2 rings (SSSR count). The molecule has 0 aromatic heterocycles. The van der Waals surface area contributed by atoms with Gasteiger partial charge in [-0.15, -0.1) is 0 Å². The van der Waals surface area contributed by atoms with Crippen LogP contribution in [0.3, 0.4) is 0 Å². The number of methoxy groups -OCH3 is 1. The standard InChI is InChI=1S/C13H16O3/c1-16-9-10-4-2-5-11(8-10)13(12(14)15)6-3-7-13/h2,4-5,8H,3,6-7,9H2,1H3,(H,14,15). The molecule has 1 aliphatic rings. The number of aliphatic carboxylic acids is 1. The summed E-state index contributed by atoms with van der Waals surface area (Å²) >= 11 is 0. The quantitative estimate of drug-likeness (QED) is 0.847. The fourth-order valence-electron chi connectivity index (χ4n) is 2.28. The van der Waals surface area contributed by atoms with E-state index in [0.717, 1.165) is 30.4 Å². The minimum Gasteiger partial charge on any atom is -0.481 e. The zero-order chi connectivity index (χ0) is 11.6. The molecule has 0 spiro atoms. The summed E-state index contributed by atoms with van der Waals surface area (Å²) in [4.78, 5) is 11.3. The van der Waals surface area contributed by atoms with Crippen molar-refractivity contribution in [1.82, 2.24) is 0 Å². The van der Waals surface area contributed by atoms with Crippen LogP contribution in [0.5, 0.6) is 0 Å². The fourth-order valence-corrected chi connectivity index (χ4v) is 2.28. The number of benzene rings is 1. The number of ether oxygens (including phenoxy) is 1. The Labute approximate surface area is 95.0 Å². The molecule has 3 nitrogen and oxygen atoms in total. The predicted molar refractivity (Wildman–Crippen MR) is 60.3 cm³/mol. The van der Waals surface area contributed by atoms with Gasteiger partial charge in [-0.25, -0.2) is 0 Å². The number of carboxylic acid groups (broad SMARTS) is 1. The highest BCUT2D eigenvalue weighted by atomic mass is 16.5. The molecule has 0 bridgehead atoms. The van der Waals surface area contributed by atoms with Crippen LogP contribution in [0, 0.1) is 0 Å². The van der Waals surface area contributed by atoms with Gasteiger partial charge in [-0.1, -0.05) is 30.7 Å².